The number of fused-ring (bicyclic) bond motifs is 1. The van der Waals surface area contributed by atoms with Gasteiger partial charge in [-0.2, -0.15) is 0 Å². The lowest BCUT2D eigenvalue weighted by Gasteiger charge is -2.33. The standard InChI is InChI=1S/C19H20N2O2S/c22-17(16-6-5-14-3-1-2-4-15(14)11-16)12-21-8-9-23-18(13-21)19-20-7-10-24-19/h1-7,10-11,17-18,22H,8-9,12-13H2. The predicted octanol–water partition coefficient (Wildman–Crippen LogP) is 3.40. The van der Waals surface area contributed by atoms with E-state index < -0.39 is 6.10 Å². The summed E-state index contributed by atoms with van der Waals surface area (Å²) in [5.74, 6) is 0. The summed E-state index contributed by atoms with van der Waals surface area (Å²) >= 11 is 1.62. The molecule has 1 aromatic heterocycles. The van der Waals surface area contributed by atoms with Gasteiger partial charge in [0.2, 0.25) is 0 Å². The number of ether oxygens (including phenoxy) is 1. The molecular weight excluding hydrogens is 320 g/mol. The third kappa shape index (κ3) is 3.35. The molecule has 24 heavy (non-hydrogen) atoms. The monoisotopic (exact) mass is 340 g/mol. The fourth-order valence-corrected chi connectivity index (χ4v) is 3.85. The molecule has 1 aliphatic heterocycles. The number of thiazole rings is 1. The Bertz CT molecular complexity index is 806. The Morgan fingerprint density at radius 3 is 2.96 bits per heavy atom. The van der Waals surface area contributed by atoms with E-state index in [1.54, 1.807) is 11.3 Å². The third-order valence-corrected chi connectivity index (χ3v) is 5.33. The highest BCUT2D eigenvalue weighted by Gasteiger charge is 2.25. The minimum absolute atomic E-state index is 0.0163. The molecule has 5 heteroatoms. The average molecular weight is 340 g/mol. The maximum absolute atomic E-state index is 10.7. The second kappa shape index (κ2) is 6.99. The molecule has 0 aliphatic carbocycles. The van der Waals surface area contributed by atoms with Crippen molar-refractivity contribution in [3.63, 3.8) is 0 Å². The first kappa shape index (κ1) is 15.7. The smallest absolute Gasteiger partial charge is 0.123 e. The van der Waals surface area contributed by atoms with Crippen molar-refractivity contribution in [1.29, 1.82) is 0 Å². The number of nitrogens with zero attached hydrogens (tertiary/aromatic N) is 2. The first-order valence-corrected chi connectivity index (χ1v) is 9.08. The van der Waals surface area contributed by atoms with Gasteiger partial charge >= 0.3 is 0 Å². The normalized spacial score (nSPS) is 20.3. The summed E-state index contributed by atoms with van der Waals surface area (Å²) in [6.07, 6.45) is 1.33. The van der Waals surface area contributed by atoms with Gasteiger partial charge in [-0.1, -0.05) is 36.4 Å². The van der Waals surface area contributed by atoms with E-state index in [4.69, 9.17) is 4.74 Å². The van der Waals surface area contributed by atoms with Gasteiger partial charge in [0, 0.05) is 31.2 Å². The molecule has 1 fully saturated rings. The summed E-state index contributed by atoms with van der Waals surface area (Å²) in [5.41, 5.74) is 0.964. The lowest BCUT2D eigenvalue weighted by Crippen LogP contribution is -2.40. The summed E-state index contributed by atoms with van der Waals surface area (Å²) in [6.45, 7) is 2.91. The number of β-amino-alcohol motifs (C(OH)–C–C–N with tert-alkyl or cyclic N) is 1. The van der Waals surface area contributed by atoms with Crippen LogP contribution in [-0.2, 0) is 4.74 Å². The van der Waals surface area contributed by atoms with E-state index in [2.05, 4.69) is 34.1 Å². The summed E-state index contributed by atoms with van der Waals surface area (Å²) < 4.78 is 5.82. The summed E-state index contributed by atoms with van der Waals surface area (Å²) in [4.78, 5) is 6.61. The second-order valence-corrected chi connectivity index (χ2v) is 7.04. The average Bonchev–Trinajstić information content (AvgIpc) is 3.16. The highest BCUT2D eigenvalue weighted by Crippen LogP contribution is 2.26. The fourth-order valence-electron chi connectivity index (χ4n) is 3.18. The van der Waals surface area contributed by atoms with Crippen LogP contribution in [0.1, 0.15) is 22.8 Å². The zero-order valence-electron chi connectivity index (χ0n) is 13.3. The Morgan fingerprint density at radius 2 is 2.12 bits per heavy atom. The van der Waals surface area contributed by atoms with Crippen LogP contribution in [0.15, 0.2) is 54.0 Å². The molecule has 3 aromatic rings. The van der Waals surface area contributed by atoms with Crippen LogP contribution in [0.3, 0.4) is 0 Å². The molecule has 1 N–H and O–H groups in total. The molecule has 0 bridgehead atoms. The van der Waals surface area contributed by atoms with E-state index in [0.717, 1.165) is 29.0 Å². The zero-order chi connectivity index (χ0) is 16.4. The first-order chi connectivity index (χ1) is 11.8. The van der Waals surface area contributed by atoms with Gasteiger partial charge in [0.25, 0.3) is 0 Å². The van der Waals surface area contributed by atoms with Crippen molar-refractivity contribution < 1.29 is 9.84 Å². The number of aromatic nitrogens is 1. The lowest BCUT2D eigenvalue weighted by molar-refractivity contribution is -0.0424. The van der Waals surface area contributed by atoms with Crippen LogP contribution in [0, 0.1) is 0 Å². The van der Waals surface area contributed by atoms with Gasteiger partial charge in [0.15, 0.2) is 0 Å². The molecule has 2 atom stereocenters. The summed E-state index contributed by atoms with van der Waals surface area (Å²) in [6, 6.07) is 14.4. The molecular formula is C19H20N2O2S. The van der Waals surface area contributed by atoms with Gasteiger partial charge in [-0.15, -0.1) is 11.3 Å². The van der Waals surface area contributed by atoms with E-state index in [1.807, 2.05) is 29.8 Å². The SMILES string of the molecule is OC(CN1CCOC(c2nccs2)C1)c1ccc2ccccc2c1. The molecule has 4 nitrogen and oxygen atoms in total. The van der Waals surface area contributed by atoms with E-state index in [1.165, 1.54) is 5.39 Å². The third-order valence-electron chi connectivity index (χ3n) is 4.47. The van der Waals surface area contributed by atoms with Gasteiger partial charge in [-0.3, -0.25) is 4.90 Å². The summed E-state index contributed by atoms with van der Waals surface area (Å²) in [7, 11) is 0. The Balaban J connectivity index is 1.45. The van der Waals surface area contributed by atoms with Crippen LogP contribution in [-0.4, -0.2) is 41.2 Å². The van der Waals surface area contributed by atoms with Gasteiger partial charge < -0.3 is 9.84 Å². The van der Waals surface area contributed by atoms with E-state index in [0.29, 0.717) is 13.2 Å². The van der Waals surface area contributed by atoms with Crippen molar-refractivity contribution in [3.05, 3.63) is 64.6 Å². The van der Waals surface area contributed by atoms with E-state index in [-0.39, 0.29) is 6.10 Å². The number of benzene rings is 2. The van der Waals surface area contributed by atoms with Crippen LogP contribution < -0.4 is 0 Å². The largest absolute Gasteiger partial charge is 0.387 e. The topological polar surface area (TPSA) is 45.6 Å². The number of aliphatic hydroxyl groups excluding tert-OH is 1. The van der Waals surface area contributed by atoms with Crippen LogP contribution >= 0.6 is 11.3 Å². The minimum Gasteiger partial charge on any atom is -0.387 e. The summed E-state index contributed by atoms with van der Waals surface area (Å²) in [5, 5.41) is 16.0. The minimum atomic E-state index is -0.496. The Hall–Kier alpha value is -1.79. The van der Waals surface area contributed by atoms with Crippen LogP contribution in [0.25, 0.3) is 10.8 Å². The molecule has 0 amide bonds. The quantitative estimate of drug-likeness (QED) is 0.791. The zero-order valence-corrected chi connectivity index (χ0v) is 14.2. The Labute approximate surface area is 145 Å². The number of aliphatic hydroxyl groups is 1. The molecule has 0 spiro atoms. The molecule has 4 rings (SSSR count). The van der Waals surface area contributed by atoms with E-state index in [9.17, 15) is 5.11 Å². The molecule has 2 aromatic carbocycles. The van der Waals surface area contributed by atoms with Gasteiger partial charge in [-0.25, -0.2) is 4.98 Å². The highest BCUT2D eigenvalue weighted by atomic mass is 32.1. The van der Waals surface area contributed by atoms with E-state index >= 15 is 0 Å². The Morgan fingerprint density at radius 1 is 1.25 bits per heavy atom. The molecule has 124 valence electrons. The van der Waals surface area contributed by atoms with Crippen molar-refractivity contribution in [2.24, 2.45) is 0 Å². The first-order valence-electron chi connectivity index (χ1n) is 8.20. The molecule has 1 aliphatic rings. The lowest BCUT2D eigenvalue weighted by atomic mass is 10.0. The number of hydrogen-bond acceptors (Lipinski definition) is 5. The van der Waals surface area contributed by atoms with Crippen molar-refractivity contribution in [2.75, 3.05) is 26.2 Å². The molecule has 0 saturated carbocycles. The molecule has 0 radical (unpaired) electrons. The van der Waals surface area contributed by atoms with Crippen LogP contribution in [0.5, 0.6) is 0 Å². The fraction of sp³-hybridized carbons (Fsp3) is 0.316. The Kier molecular flexibility index (Phi) is 4.58. The molecule has 1 saturated heterocycles. The number of hydrogen-bond donors (Lipinski definition) is 1. The van der Waals surface area contributed by atoms with Crippen LogP contribution in [0.2, 0.25) is 0 Å². The van der Waals surface area contributed by atoms with Crippen molar-refractivity contribution in [2.45, 2.75) is 12.2 Å². The van der Waals surface area contributed by atoms with Crippen molar-refractivity contribution >= 4 is 22.1 Å². The second-order valence-electron chi connectivity index (χ2n) is 6.11. The van der Waals surface area contributed by atoms with Gasteiger partial charge in [0.05, 0.1) is 12.7 Å². The predicted molar refractivity (Wildman–Crippen MR) is 96.2 cm³/mol. The highest BCUT2D eigenvalue weighted by molar-refractivity contribution is 7.09. The van der Waals surface area contributed by atoms with Crippen molar-refractivity contribution in [1.82, 2.24) is 9.88 Å². The molecule has 2 unspecified atom stereocenters. The van der Waals surface area contributed by atoms with Crippen LogP contribution in [0.4, 0.5) is 0 Å². The number of rotatable bonds is 4. The maximum atomic E-state index is 10.7. The number of morpholine rings is 1. The molecule has 2 heterocycles. The van der Waals surface area contributed by atoms with Gasteiger partial charge in [0.1, 0.15) is 11.1 Å². The maximum Gasteiger partial charge on any atom is 0.123 e. The van der Waals surface area contributed by atoms with Crippen molar-refractivity contribution in [3.8, 4) is 0 Å². The van der Waals surface area contributed by atoms with Gasteiger partial charge in [-0.05, 0) is 22.4 Å².